The van der Waals surface area contributed by atoms with Crippen molar-refractivity contribution in [3.8, 4) is 5.75 Å². The second-order valence-corrected chi connectivity index (χ2v) is 4.53. The Bertz CT molecular complexity index is 609. The minimum absolute atomic E-state index is 0.0214. The summed E-state index contributed by atoms with van der Waals surface area (Å²) in [4.78, 5) is 10.3. The quantitative estimate of drug-likeness (QED) is 0.670. The third kappa shape index (κ3) is 3.33. The van der Waals surface area contributed by atoms with Crippen molar-refractivity contribution in [1.82, 2.24) is 0 Å². The van der Waals surface area contributed by atoms with Gasteiger partial charge in [-0.3, -0.25) is 10.1 Å². The summed E-state index contributed by atoms with van der Waals surface area (Å²) >= 11 is 0. The van der Waals surface area contributed by atoms with Gasteiger partial charge in [0.15, 0.2) is 0 Å². The maximum absolute atomic E-state index is 10.7. The molecular formula is C15H16N2O3. The van der Waals surface area contributed by atoms with Crippen molar-refractivity contribution >= 4 is 5.69 Å². The van der Waals surface area contributed by atoms with Crippen molar-refractivity contribution in [3.63, 3.8) is 0 Å². The Kier molecular flexibility index (Phi) is 4.32. The van der Waals surface area contributed by atoms with E-state index in [4.69, 9.17) is 10.5 Å². The number of nitro benzene ring substituents is 1. The number of hydrogen-bond donors (Lipinski definition) is 1. The summed E-state index contributed by atoms with van der Waals surface area (Å²) in [6, 6.07) is 12.5. The summed E-state index contributed by atoms with van der Waals surface area (Å²) in [7, 11) is 0. The van der Waals surface area contributed by atoms with E-state index in [2.05, 4.69) is 0 Å². The largest absolute Gasteiger partial charge is 0.489 e. The molecule has 0 atom stereocenters. The van der Waals surface area contributed by atoms with Crippen molar-refractivity contribution in [2.75, 3.05) is 0 Å². The second-order valence-electron chi connectivity index (χ2n) is 4.53. The van der Waals surface area contributed by atoms with E-state index in [9.17, 15) is 10.1 Å². The lowest BCUT2D eigenvalue weighted by atomic mass is 10.1. The molecule has 104 valence electrons. The first-order chi connectivity index (χ1) is 9.60. The molecule has 2 rings (SSSR count). The van der Waals surface area contributed by atoms with Gasteiger partial charge in [-0.15, -0.1) is 0 Å². The Hall–Kier alpha value is -2.40. The van der Waals surface area contributed by atoms with Crippen LogP contribution in [-0.4, -0.2) is 4.92 Å². The molecule has 20 heavy (non-hydrogen) atoms. The van der Waals surface area contributed by atoms with Crippen molar-refractivity contribution in [1.29, 1.82) is 0 Å². The highest BCUT2D eigenvalue weighted by Crippen LogP contribution is 2.24. The zero-order chi connectivity index (χ0) is 14.5. The fourth-order valence-electron chi connectivity index (χ4n) is 1.83. The van der Waals surface area contributed by atoms with Crippen LogP contribution in [0.4, 0.5) is 5.69 Å². The average Bonchev–Trinajstić information content (AvgIpc) is 2.46. The van der Waals surface area contributed by atoms with Crippen LogP contribution in [0.2, 0.25) is 0 Å². The number of nitrogens with two attached hydrogens (primary N) is 1. The van der Waals surface area contributed by atoms with Crippen molar-refractivity contribution in [2.45, 2.75) is 20.1 Å². The van der Waals surface area contributed by atoms with Crippen LogP contribution in [0.25, 0.3) is 0 Å². The predicted molar refractivity (Wildman–Crippen MR) is 76.5 cm³/mol. The van der Waals surface area contributed by atoms with E-state index in [1.165, 1.54) is 17.7 Å². The molecule has 0 bridgehead atoms. The number of nitrogens with zero attached hydrogens (tertiary/aromatic N) is 1. The molecule has 2 aromatic rings. The predicted octanol–water partition coefficient (Wildman–Crippen LogP) is 2.94. The lowest BCUT2D eigenvalue weighted by Crippen LogP contribution is -2.03. The Labute approximate surface area is 117 Å². The van der Waals surface area contributed by atoms with E-state index >= 15 is 0 Å². The molecule has 0 saturated heterocycles. The first kappa shape index (κ1) is 14.0. The molecule has 0 aliphatic heterocycles. The zero-order valence-electron chi connectivity index (χ0n) is 11.2. The lowest BCUT2D eigenvalue weighted by molar-refractivity contribution is -0.384. The highest BCUT2D eigenvalue weighted by atomic mass is 16.6. The fourth-order valence-corrected chi connectivity index (χ4v) is 1.83. The van der Waals surface area contributed by atoms with Crippen LogP contribution in [0.5, 0.6) is 5.75 Å². The minimum atomic E-state index is -0.442. The number of non-ortho nitro benzene ring substituents is 1. The maximum atomic E-state index is 10.7. The number of rotatable bonds is 5. The smallest absolute Gasteiger partial charge is 0.270 e. The molecule has 5 heteroatoms. The van der Waals surface area contributed by atoms with Gasteiger partial charge >= 0.3 is 0 Å². The molecule has 0 aliphatic carbocycles. The standard InChI is InChI=1S/C15H16N2O3/c1-11-2-4-12(5-3-11)10-20-15-7-6-14(17(18)19)8-13(15)9-16/h2-8H,9-10,16H2,1H3. The van der Waals surface area contributed by atoms with Crippen LogP contribution in [-0.2, 0) is 13.2 Å². The van der Waals surface area contributed by atoms with Crippen molar-refractivity contribution in [2.24, 2.45) is 5.73 Å². The summed E-state index contributed by atoms with van der Waals surface area (Å²) in [5.74, 6) is 0.582. The number of ether oxygens (including phenoxy) is 1. The average molecular weight is 272 g/mol. The maximum Gasteiger partial charge on any atom is 0.270 e. The molecule has 5 nitrogen and oxygen atoms in total. The van der Waals surface area contributed by atoms with Crippen LogP contribution in [0.1, 0.15) is 16.7 Å². The molecule has 0 heterocycles. The Morgan fingerprint density at radius 3 is 2.50 bits per heavy atom. The van der Waals surface area contributed by atoms with Crippen LogP contribution in [0.15, 0.2) is 42.5 Å². The number of nitro groups is 1. The molecular weight excluding hydrogens is 256 g/mol. The van der Waals surface area contributed by atoms with Gasteiger partial charge in [0.25, 0.3) is 5.69 Å². The van der Waals surface area contributed by atoms with Gasteiger partial charge in [0.05, 0.1) is 4.92 Å². The van der Waals surface area contributed by atoms with Gasteiger partial charge < -0.3 is 10.5 Å². The van der Waals surface area contributed by atoms with Gasteiger partial charge in [-0.05, 0) is 18.6 Å². The number of hydrogen-bond acceptors (Lipinski definition) is 4. The molecule has 2 N–H and O–H groups in total. The highest BCUT2D eigenvalue weighted by Gasteiger charge is 2.10. The minimum Gasteiger partial charge on any atom is -0.489 e. The molecule has 2 aromatic carbocycles. The van der Waals surface area contributed by atoms with E-state index in [1.807, 2.05) is 31.2 Å². The van der Waals surface area contributed by atoms with E-state index in [0.717, 1.165) is 5.56 Å². The van der Waals surface area contributed by atoms with Crippen LogP contribution in [0, 0.1) is 17.0 Å². The van der Waals surface area contributed by atoms with E-state index < -0.39 is 4.92 Å². The molecule has 0 saturated carbocycles. The molecule has 0 aliphatic rings. The van der Waals surface area contributed by atoms with Gasteiger partial charge in [-0.2, -0.15) is 0 Å². The Morgan fingerprint density at radius 2 is 1.90 bits per heavy atom. The van der Waals surface area contributed by atoms with E-state index in [1.54, 1.807) is 6.07 Å². The summed E-state index contributed by atoms with van der Waals surface area (Å²) in [6.45, 7) is 2.63. The van der Waals surface area contributed by atoms with Gasteiger partial charge in [0, 0.05) is 24.2 Å². The molecule has 0 fully saturated rings. The summed E-state index contributed by atoms with van der Waals surface area (Å²) in [6.07, 6.45) is 0. The number of aryl methyl sites for hydroxylation is 1. The lowest BCUT2D eigenvalue weighted by Gasteiger charge is -2.10. The molecule has 0 aromatic heterocycles. The second kappa shape index (κ2) is 6.16. The van der Waals surface area contributed by atoms with Crippen LogP contribution < -0.4 is 10.5 Å². The van der Waals surface area contributed by atoms with Crippen LogP contribution >= 0.6 is 0 Å². The topological polar surface area (TPSA) is 78.4 Å². The van der Waals surface area contributed by atoms with Gasteiger partial charge in [-0.25, -0.2) is 0 Å². The third-order valence-corrected chi connectivity index (χ3v) is 2.99. The fraction of sp³-hybridized carbons (Fsp3) is 0.200. The van der Waals surface area contributed by atoms with E-state index in [-0.39, 0.29) is 12.2 Å². The molecule has 0 radical (unpaired) electrons. The highest BCUT2D eigenvalue weighted by molar-refractivity contribution is 5.43. The third-order valence-electron chi connectivity index (χ3n) is 2.99. The molecule has 0 spiro atoms. The van der Waals surface area contributed by atoms with Gasteiger partial charge in [-0.1, -0.05) is 29.8 Å². The summed E-state index contributed by atoms with van der Waals surface area (Å²) < 4.78 is 5.69. The molecule has 0 amide bonds. The van der Waals surface area contributed by atoms with Gasteiger partial charge in [0.1, 0.15) is 12.4 Å². The van der Waals surface area contributed by atoms with Crippen LogP contribution in [0.3, 0.4) is 0 Å². The Morgan fingerprint density at radius 1 is 1.20 bits per heavy atom. The van der Waals surface area contributed by atoms with Crippen molar-refractivity contribution in [3.05, 3.63) is 69.3 Å². The van der Waals surface area contributed by atoms with Gasteiger partial charge in [0.2, 0.25) is 0 Å². The summed E-state index contributed by atoms with van der Waals surface area (Å²) in [5, 5.41) is 10.7. The normalized spacial score (nSPS) is 10.3. The first-order valence-corrected chi connectivity index (χ1v) is 6.26. The Balaban J connectivity index is 2.12. The first-order valence-electron chi connectivity index (χ1n) is 6.26. The van der Waals surface area contributed by atoms with E-state index in [0.29, 0.717) is 17.9 Å². The molecule has 0 unspecified atom stereocenters. The number of benzene rings is 2. The summed E-state index contributed by atoms with van der Waals surface area (Å²) in [5.41, 5.74) is 8.48. The zero-order valence-corrected chi connectivity index (χ0v) is 11.2. The van der Waals surface area contributed by atoms with Crippen molar-refractivity contribution < 1.29 is 9.66 Å². The monoisotopic (exact) mass is 272 g/mol. The SMILES string of the molecule is Cc1ccc(COc2ccc([N+](=O)[O-])cc2CN)cc1.